The van der Waals surface area contributed by atoms with Crippen LogP contribution in [0.25, 0.3) is 5.70 Å². The standard InChI is InChI=1S/C14H12N4O3/c1-20-6-7-21-10-5-3-2-4-9(10)12-11-13(18-17-12)15-8-16-14(11)19/h2-5,8H,6-7H2,1H3. The van der Waals surface area contributed by atoms with Crippen molar-refractivity contribution >= 4 is 23.8 Å². The number of azo groups is 1. The average molecular weight is 284 g/mol. The second-order valence-corrected chi connectivity index (χ2v) is 4.26. The molecule has 0 N–H and O–H groups in total. The van der Waals surface area contributed by atoms with E-state index in [1.807, 2.05) is 18.2 Å². The molecule has 2 aliphatic heterocycles. The highest BCUT2D eigenvalue weighted by molar-refractivity contribution is 6.31. The SMILES string of the molecule is COCCOc1ccccc1C1=C2C(=O)N=CN=C2N=N1. The number of amidine groups is 1. The molecule has 0 aliphatic carbocycles. The molecule has 0 radical (unpaired) electrons. The molecule has 7 heteroatoms. The van der Waals surface area contributed by atoms with Crippen LogP contribution < -0.4 is 4.74 Å². The van der Waals surface area contributed by atoms with Crippen molar-refractivity contribution in [2.24, 2.45) is 20.2 Å². The highest BCUT2D eigenvalue weighted by Crippen LogP contribution is 2.34. The Kier molecular flexibility index (Phi) is 3.65. The van der Waals surface area contributed by atoms with Crippen LogP contribution >= 0.6 is 0 Å². The van der Waals surface area contributed by atoms with Crippen molar-refractivity contribution < 1.29 is 14.3 Å². The number of rotatable bonds is 5. The molecule has 1 amide bonds. The van der Waals surface area contributed by atoms with Crippen molar-refractivity contribution in [2.45, 2.75) is 0 Å². The van der Waals surface area contributed by atoms with Gasteiger partial charge in [-0.1, -0.05) is 12.1 Å². The Hall–Kier alpha value is -2.67. The van der Waals surface area contributed by atoms with E-state index in [1.54, 1.807) is 13.2 Å². The van der Waals surface area contributed by atoms with Gasteiger partial charge in [-0.15, -0.1) is 10.2 Å². The number of nitrogens with zero attached hydrogens (tertiary/aromatic N) is 4. The molecule has 0 saturated heterocycles. The fourth-order valence-corrected chi connectivity index (χ4v) is 2.00. The van der Waals surface area contributed by atoms with Crippen LogP contribution in [-0.4, -0.2) is 38.4 Å². The number of hydrogen-bond donors (Lipinski definition) is 0. The molecule has 1 aromatic carbocycles. The summed E-state index contributed by atoms with van der Waals surface area (Å²) in [5, 5.41) is 7.96. The van der Waals surface area contributed by atoms with Crippen LogP contribution in [0.4, 0.5) is 0 Å². The van der Waals surface area contributed by atoms with Gasteiger partial charge in [0.1, 0.15) is 30.0 Å². The first kappa shape index (κ1) is 13.3. The van der Waals surface area contributed by atoms with Gasteiger partial charge in [-0.3, -0.25) is 4.79 Å². The zero-order valence-electron chi connectivity index (χ0n) is 11.3. The van der Waals surface area contributed by atoms with Crippen LogP contribution in [0.1, 0.15) is 5.56 Å². The van der Waals surface area contributed by atoms with Gasteiger partial charge in [0.05, 0.1) is 6.61 Å². The zero-order chi connectivity index (χ0) is 14.7. The molecule has 0 saturated carbocycles. The lowest BCUT2D eigenvalue weighted by Gasteiger charge is -2.11. The summed E-state index contributed by atoms with van der Waals surface area (Å²) < 4.78 is 10.6. The van der Waals surface area contributed by atoms with E-state index in [2.05, 4.69) is 20.2 Å². The third kappa shape index (κ3) is 2.50. The first-order chi connectivity index (χ1) is 10.3. The monoisotopic (exact) mass is 284 g/mol. The van der Waals surface area contributed by atoms with Gasteiger partial charge in [0.15, 0.2) is 5.84 Å². The van der Waals surface area contributed by atoms with E-state index in [0.717, 1.165) is 0 Å². The summed E-state index contributed by atoms with van der Waals surface area (Å²) in [6.45, 7) is 0.873. The summed E-state index contributed by atoms with van der Waals surface area (Å²) in [5.74, 6) is 0.503. The molecule has 3 rings (SSSR count). The van der Waals surface area contributed by atoms with Gasteiger partial charge in [-0.05, 0) is 12.1 Å². The second-order valence-electron chi connectivity index (χ2n) is 4.26. The van der Waals surface area contributed by atoms with Crippen LogP contribution in [0.5, 0.6) is 5.75 Å². The number of hydrogen-bond acceptors (Lipinski definition) is 6. The van der Waals surface area contributed by atoms with Gasteiger partial charge in [0, 0.05) is 12.7 Å². The number of ether oxygens (including phenoxy) is 2. The van der Waals surface area contributed by atoms with Crippen LogP contribution in [0.15, 0.2) is 50.1 Å². The molecule has 2 aliphatic rings. The lowest BCUT2D eigenvalue weighted by atomic mass is 10.0. The third-order valence-corrected chi connectivity index (χ3v) is 2.96. The molecule has 21 heavy (non-hydrogen) atoms. The Balaban J connectivity index is 1.99. The molecule has 0 unspecified atom stereocenters. The average Bonchev–Trinajstić information content (AvgIpc) is 2.93. The van der Waals surface area contributed by atoms with Gasteiger partial charge in [-0.25, -0.2) is 4.99 Å². The molecule has 0 spiro atoms. The fraction of sp³-hybridized carbons (Fsp3) is 0.214. The summed E-state index contributed by atoms with van der Waals surface area (Å²) in [5.41, 5.74) is 1.42. The quantitative estimate of drug-likeness (QED) is 0.773. The summed E-state index contributed by atoms with van der Waals surface area (Å²) in [4.78, 5) is 19.5. The first-order valence-electron chi connectivity index (χ1n) is 6.33. The van der Waals surface area contributed by atoms with Crippen molar-refractivity contribution in [2.75, 3.05) is 20.3 Å². The van der Waals surface area contributed by atoms with E-state index in [0.29, 0.717) is 35.8 Å². The minimum Gasteiger partial charge on any atom is -0.490 e. The number of carbonyl (C=O) groups is 1. The van der Waals surface area contributed by atoms with Gasteiger partial charge < -0.3 is 9.47 Å². The summed E-state index contributed by atoms with van der Waals surface area (Å²) >= 11 is 0. The number of amides is 1. The van der Waals surface area contributed by atoms with Crippen LogP contribution in [0.3, 0.4) is 0 Å². The van der Waals surface area contributed by atoms with Gasteiger partial charge in [0.25, 0.3) is 5.91 Å². The Labute approximate surface area is 120 Å². The predicted molar refractivity (Wildman–Crippen MR) is 76.5 cm³/mol. The minimum absolute atomic E-state index is 0.289. The first-order valence-corrected chi connectivity index (χ1v) is 6.33. The molecular weight excluding hydrogens is 272 g/mol. The number of fused-ring (bicyclic) bond motifs is 1. The molecule has 0 fully saturated rings. The summed E-state index contributed by atoms with van der Waals surface area (Å²) in [7, 11) is 1.60. The number of para-hydroxylation sites is 1. The fourth-order valence-electron chi connectivity index (χ4n) is 2.00. The Morgan fingerprint density at radius 2 is 2.00 bits per heavy atom. The minimum atomic E-state index is -0.397. The lowest BCUT2D eigenvalue weighted by Crippen LogP contribution is -2.12. The highest BCUT2D eigenvalue weighted by Gasteiger charge is 2.30. The van der Waals surface area contributed by atoms with E-state index in [4.69, 9.17) is 9.47 Å². The van der Waals surface area contributed by atoms with Gasteiger partial charge >= 0.3 is 0 Å². The maximum atomic E-state index is 11.9. The van der Waals surface area contributed by atoms with Crippen molar-refractivity contribution in [3.05, 3.63) is 35.4 Å². The third-order valence-electron chi connectivity index (χ3n) is 2.96. The highest BCUT2D eigenvalue weighted by atomic mass is 16.5. The van der Waals surface area contributed by atoms with E-state index in [9.17, 15) is 4.79 Å². The maximum absolute atomic E-state index is 11.9. The van der Waals surface area contributed by atoms with E-state index >= 15 is 0 Å². The topological polar surface area (TPSA) is 85.0 Å². The molecule has 7 nitrogen and oxygen atoms in total. The normalized spacial score (nSPS) is 16.2. The largest absolute Gasteiger partial charge is 0.490 e. The Morgan fingerprint density at radius 3 is 2.86 bits per heavy atom. The van der Waals surface area contributed by atoms with E-state index in [-0.39, 0.29) is 5.84 Å². The molecule has 0 atom stereocenters. The van der Waals surface area contributed by atoms with Crippen molar-refractivity contribution in [1.82, 2.24) is 0 Å². The van der Waals surface area contributed by atoms with Crippen LogP contribution in [-0.2, 0) is 9.53 Å². The number of aliphatic imine (C=N–C) groups is 2. The number of benzene rings is 1. The number of methoxy groups -OCH3 is 1. The van der Waals surface area contributed by atoms with Gasteiger partial charge in [0.2, 0.25) is 0 Å². The molecular formula is C14H12N4O3. The lowest BCUT2D eigenvalue weighted by molar-refractivity contribution is -0.113. The molecule has 0 aromatic heterocycles. The van der Waals surface area contributed by atoms with Gasteiger partial charge in [-0.2, -0.15) is 4.99 Å². The van der Waals surface area contributed by atoms with E-state index < -0.39 is 5.91 Å². The maximum Gasteiger partial charge on any atom is 0.284 e. The second kappa shape index (κ2) is 5.76. The molecule has 0 bridgehead atoms. The number of carbonyl (C=O) groups excluding carboxylic acids is 1. The summed E-state index contributed by atoms with van der Waals surface area (Å²) in [6, 6.07) is 7.31. The Morgan fingerprint density at radius 1 is 1.14 bits per heavy atom. The smallest absolute Gasteiger partial charge is 0.284 e. The van der Waals surface area contributed by atoms with Crippen molar-refractivity contribution in [3.8, 4) is 5.75 Å². The summed E-state index contributed by atoms with van der Waals surface area (Å²) in [6.07, 6.45) is 1.18. The van der Waals surface area contributed by atoms with Crippen molar-refractivity contribution in [3.63, 3.8) is 0 Å². The van der Waals surface area contributed by atoms with Crippen LogP contribution in [0, 0.1) is 0 Å². The zero-order valence-corrected chi connectivity index (χ0v) is 11.3. The van der Waals surface area contributed by atoms with Crippen molar-refractivity contribution in [1.29, 1.82) is 0 Å². The molecule has 2 heterocycles. The molecule has 106 valence electrons. The Bertz CT molecular complexity index is 704. The van der Waals surface area contributed by atoms with E-state index in [1.165, 1.54) is 6.34 Å². The van der Waals surface area contributed by atoms with Crippen LogP contribution in [0.2, 0.25) is 0 Å². The predicted octanol–water partition coefficient (Wildman–Crippen LogP) is 1.86. The molecule has 1 aromatic rings.